The minimum Gasteiger partial charge on any atom is -0.461 e. The Morgan fingerprint density at radius 1 is 1.39 bits per heavy atom. The van der Waals surface area contributed by atoms with Gasteiger partial charge in [-0.25, -0.2) is 0 Å². The molecule has 0 saturated carbocycles. The summed E-state index contributed by atoms with van der Waals surface area (Å²) in [6.07, 6.45) is 1.32. The maximum absolute atomic E-state index is 11.6. The molecule has 18 heavy (non-hydrogen) atoms. The lowest BCUT2D eigenvalue weighted by Gasteiger charge is -2.14. The first kappa shape index (κ1) is 11.7. The van der Waals surface area contributed by atoms with Gasteiger partial charge in [-0.1, -0.05) is 18.2 Å². The predicted molar refractivity (Wildman–Crippen MR) is 73.9 cm³/mol. The lowest BCUT2D eigenvalue weighted by atomic mass is 10.2. The van der Waals surface area contributed by atoms with Crippen LogP contribution in [0, 0.1) is 0 Å². The number of hydrogen-bond acceptors (Lipinski definition) is 3. The third kappa shape index (κ3) is 2.25. The number of fused-ring (bicyclic) bond motifs is 1. The molecule has 1 aromatic carbocycles. The molecule has 1 unspecified atom stereocenters. The van der Waals surface area contributed by atoms with Crippen LogP contribution in [0.25, 0.3) is 11.0 Å². The topological polar surface area (TPSA) is 33.5 Å². The Labute approximate surface area is 111 Å². The van der Waals surface area contributed by atoms with Gasteiger partial charge in [0.05, 0.1) is 0 Å². The van der Waals surface area contributed by atoms with E-state index in [0.29, 0.717) is 6.42 Å². The number of amides is 1. The van der Waals surface area contributed by atoms with Crippen LogP contribution in [-0.2, 0) is 11.2 Å². The highest BCUT2D eigenvalue weighted by Gasteiger charge is 2.26. The zero-order valence-electron chi connectivity index (χ0n) is 10.0. The number of hydrogen-bond donors (Lipinski definition) is 1. The largest absolute Gasteiger partial charge is 0.461 e. The van der Waals surface area contributed by atoms with Crippen LogP contribution < -0.4 is 0 Å². The first-order chi connectivity index (χ1) is 8.72. The maximum atomic E-state index is 11.6. The Hall–Kier alpha value is -1.42. The minimum absolute atomic E-state index is 0.188. The van der Waals surface area contributed by atoms with Crippen molar-refractivity contribution in [2.75, 3.05) is 13.1 Å². The van der Waals surface area contributed by atoms with E-state index in [1.807, 2.05) is 35.2 Å². The van der Waals surface area contributed by atoms with E-state index in [1.54, 1.807) is 0 Å². The molecular formula is C14H15NO2S. The first-order valence-electron chi connectivity index (χ1n) is 6.15. The van der Waals surface area contributed by atoms with E-state index in [0.717, 1.165) is 36.2 Å². The average Bonchev–Trinajstić information content (AvgIpc) is 2.89. The van der Waals surface area contributed by atoms with Crippen molar-refractivity contribution in [1.82, 2.24) is 4.90 Å². The van der Waals surface area contributed by atoms with E-state index in [9.17, 15) is 4.79 Å². The molecule has 0 aliphatic carbocycles. The van der Waals surface area contributed by atoms with Crippen molar-refractivity contribution in [3.63, 3.8) is 0 Å². The summed E-state index contributed by atoms with van der Waals surface area (Å²) in [6, 6.07) is 10.0. The van der Waals surface area contributed by atoms with E-state index in [2.05, 4.69) is 12.6 Å². The molecule has 1 aliphatic rings. The van der Waals surface area contributed by atoms with Gasteiger partial charge in [0.15, 0.2) is 0 Å². The zero-order valence-corrected chi connectivity index (χ0v) is 10.9. The molecule has 94 valence electrons. The van der Waals surface area contributed by atoms with Crippen LogP contribution in [-0.4, -0.2) is 29.1 Å². The molecule has 0 spiro atoms. The summed E-state index contributed by atoms with van der Waals surface area (Å²) in [4.78, 5) is 13.5. The fourth-order valence-corrected chi connectivity index (χ4v) is 2.73. The van der Waals surface area contributed by atoms with Gasteiger partial charge in [-0.05, 0) is 12.1 Å². The summed E-state index contributed by atoms with van der Waals surface area (Å²) in [6.45, 7) is 1.47. The number of benzene rings is 1. The first-order valence-corrected chi connectivity index (χ1v) is 6.67. The van der Waals surface area contributed by atoms with Crippen LogP contribution >= 0.6 is 12.6 Å². The minimum atomic E-state index is 0.188. The van der Waals surface area contributed by atoms with Crippen molar-refractivity contribution in [2.45, 2.75) is 18.1 Å². The van der Waals surface area contributed by atoms with Crippen molar-refractivity contribution in [3.05, 3.63) is 36.1 Å². The maximum Gasteiger partial charge on any atom is 0.223 e. The molecule has 2 aromatic rings. The van der Waals surface area contributed by atoms with Gasteiger partial charge in [0, 0.05) is 36.6 Å². The third-order valence-corrected chi connectivity index (χ3v) is 3.64. The molecule has 3 rings (SSSR count). The molecule has 1 atom stereocenters. The number of likely N-dealkylation sites (tertiary alicyclic amines) is 1. The third-order valence-electron chi connectivity index (χ3n) is 3.30. The summed E-state index contributed by atoms with van der Waals surface area (Å²) in [7, 11) is 0. The van der Waals surface area contributed by atoms with Crippen LogP contribution in [0.15, 0.2) is 34.7 Å². The van der Waals surface area contributed by atoms with E-state index in [-0.39, 0.29) is 11.2 Å². The summed E-state index contributed by atoms with van der Waals surface area (Å²) in [5.41, 5.74) is 0.910. The van der Waals surface area contributed by atoms with Gasteiger partial charge >= 0.3 is 0 Å². The molecule has 0 N–H and O–H groups in total. The molecule has 0 radical (unpaired) electrons. The van der Waals surface area contributed by atoms with Crippen LogP contribution in [0.2, 0.25) is 0 Å². The lowest BCUT2D eigenvalue weighted by molar-refractivity contribution is -0.127. The number of thiol groups is 1. The molecule has 1 aliphatic heterocycles. The van der Waals surface area contributed by atoms with Gasteiger partial charge in [-0.2, -0.15) is 12.6 Å². The van der Waals surface area contributed by atoms with Gasteiger partial charge in [-0.15, -0.1) is 0 Å². The van der Waals surface area contributed by atoms with Crippen LogP contribution in [0.1, 0.15) is 12.2 Å². The zero-order chi connectivity index (χ0) is 12.5. The second kappa shape index (κ2) is 4.69. The summed E-state index contributed by atoms with van der Waals surface area (Å²) < 4.78 is 5.73. The van der Waals surface area contributed by atoms with Gasteiger partial charge in [0.25, 0.3) is 0 Å². The molecule has 1 fully saturated rings. The van der Waals surface area contributed by atoms with Gasteiger partial charge in [0.2, 0.25) is 5.91 Å². The number of para-hydroxylation sites is 1. The van der Waals surface area contributed by atoms with Crippen molar-refractivity contribution in [3.8, 4) is 0 Å². The second-order valence-electron chi connectivity index (χ2n) is 4.70. The number of carbonyl (C=O) groups excluding carboxylic acids is 1. The van der Waals surface area contributed by atoms with Crippen LogP contribution in [0.5, 0.6) is 0 Å². The Bertz CT molecular complexity index is 545. The van der Waals surface area contributed by atoms with Crippen molar-refractivity contribution < 1.29 is 9.21 Å². The normalized spacial score (nSPS) is 19.9. The summed E-state index contributed by atoms with van der Waals surface area (Å²) in [5, 5.41) is 1.31. The smallest absolute Gasteiger partial charge is 0.223 e. The monoisotopic (exact) mass is 261 g/mol. The predicted octanol–water partition coefficient (Wildman–Crippen LogP) is 2.51. The van der Waals surface area contributed by atoms with Crippen molar-refractivity contribution in [1.29, 1.82) is 0 Å². The van der Waals surface area contributed by atoms with Crippen molar-refractivity contribution >= 4 is 29.5 Å². The number of carbonyl (C=O) groups is 1. The fourth-order valence-electron chi connectivity index (χ4n) is 2.37. The molecule has 0 bridgehead atoms. The number of nitrogens with zero attached hydrogens (tertiary/aromatic N) is 1. The summed E-state index contributed by atoms with van der Waals surface area (Å²) >= 11 is 4.35. The second-order valence-corrected chi connectivity index (χ2v) is 5.43. The summed E-state index contributed by atoms with van der Waals surface area (Å²) in [5.74, 6) is 1.14. The van der Waals surface area contributed by atoms with Gasteiger partial charge < -0.3 is 9.32 Å². The highest BCUT2D eigenvalue weighted by atomic mass is 32.1. The average molecular weight is 261 g/mol. The molecule has 3 nitrogen and oxygen atoms in total. The highest BCUT2D eigenvalue weighted by molar-refractivity contribution is 7.81. The van der Waals surface area contributed by atoms with E-state index in [4.69, 9.17) is 4.42 Å². The quantitative estimate of drug-likeness (QED) is 0.861. The molecule has 1 saturated heterocycles. The van der Waals surface area contributed by atoms with Crippen LogP contribution in [0.3, 0.4) is 0 Å². The van der Waals surface area contributed by atoms with Gasteiger partial charge in [0.1, 0.15) is 11.3 Å². The van der Waals surface area contributed by atoms with E-state index < -0.39 is 0 Å². The van der Waals surface area contributed by atoms with E-state index >= 15 is 0 Å². The van der Waals surface area contributed by atoms with Gasteiger partial charge in [-0.3, -0.25) is 4.79 Å². The van der Waals surface area contributed by atoms with E-state index in [1.165, 1.54) is 0 Å². The van der Waals surface area contributed by atoms with Crippen molar-refractivity contribution in [2.24, 2.45) is 0 Å². The highest BCUT2D eigenvalue weighted by Crippen LogP contribution is 2.21. The standard InChI is InChI=1S/C14H15NO2S/c16-14-8-12(18)9-15(14)6-5-11-7-10-3-1-2-4-13(10)17-11/h1-4,7,12,18H,5-6,8-9H2. The fraction of sp³-hybridized carbons (Fsp3) is 0.357. The lowest BCUT2D eigenvalue weighted by Crippen LogP contribution is -2.27. The number of rotatable bonds is 3. The number of furan rings is 1. The Kier molecular flexibility index (Phi) is 3.04. The Balaban J connectivity index is 1.68. The molecule has 1 aromatic heterocycles. The SMILES string of the molecule is O=C1CC(S)CN1CCc1cc2ccccc2o1. The Morgan fingerprint density at radius 2 is 2.22 bits per heavy atom. The molecular weight excluding hydrogens is 246 g/mol. The van der Waals surface area contributed by atoms with Crippen LogP contribution in [0.4, 0.5) is 0 Å². The Morgan fingerprint density at radius 3 is 2.94 bits per heavy atom. The molecule has 1 amide bonds. The molecule has 4 heteroatoms. The molecule has 2 heterocycles.